The molecule has 7 rings (SSSR count). The lowest BCUT2D eigenvalue weighted by atomic mass is 9.63. The Morgan fingerprint density at radius 1 is 1.10 bits per heavy atom. The fraction of sp³-hybridized carbons (Fsp3) is 0.318. The molecule has 2 aromatic rings. The average molecular weight is 421 g/mol. The molecule has 0 spiro atoms. The summed E-state index contributed by atoms with van der Waals surface area (Å²) in [5, 5.41) is 16.2. The Bertz CT molecular complexity index is 1180. The summed E-state index contributed by atoms with van der Waals surface area (Å²) in [6, 6.07) is 6.20. The topological polar surface area (TPSA) is 106 Å². The van der Waals surface area contributed by atoms with Crippen LogP contribution in [0.15, 0.2) is 52.0 Å². The van der Waals surface area contributed by atoms with E-state index in [-0.39, 0.29) is 52.6 Å². The number of benzene rings is 1. The van der Waals surface area contributed by atoms with Gasteiger partial charge in [0.2, 0.25) is 0 Å². The van der Waals surface area contributed by atoms with E-state index in [1.165, 1.54) is 24.4 Å². The number of carbonyl (C=O) groups is 2. The van der Waals surface area contributed by atoms with Gasteiger partial charge in [-0.2, -0.15) is 10.1 Å². The van der Waals surface area contributed by atoms with Gasteiger partial charge in [-0.25, -0.2) is 4.39 Å². The minimum absolute atomic E-state index is 0.117. The van der Waals surface area contributed by atoms with Gasteiger partial charge in [-0.1, -0.05) is 12.2 Å². The van der Waals surface area contributed by atoms with Crippen LogP contribution in [0.1, 0.15) is 12.2 Å². The maximum atomic E-state index is 13.4. The van der Waals surface area contributed by atoms with Gasteiger partial charge < -0.3 is 4.42 Å². The van der Waals surface area contributed by atoms with Gasteiger partial charge in [-0.05, 0) is 54.4 Å². The van der Waals surface area contributed by atoms with E-state index in [1.54, 1.807) is 0 Å². The number of halogens is 1. The first-order chi connectivity index (χ1) is 14.9. The highest BCUT2D eigenvalue weighted by Crippen LogP contribution is 2.65. The smallest absolute Gasteiger partial charge is 0.283 e. The van der Waals surface area contributed by atoms with Crippen LogP contribution in [0.4, 0.5) is 10.1 Å². The molecule has 6 unspecified atom stereocenters. The Morgan fingerprint density at radius 2 is 1.77 bits per heavy atom. The summed E-state index contributed by atoms with van der Waals surface area (Å²) in [7, 11) is 0. The highest BCUT2D eigenvalue weighted by Gasteiger charge is 2.67. The van der Waals surface area contributed by atoms with Crippen LogP contribution in [0.2, 0.25) is 0 Å². The number of rotatable bonds is 4. The summed E-state index contributed by atoms with van der Waals surface area (Å²) in [5.41, 5.74) is -0.305. The molecule has 0 N–H and O–H groups in total. The first kappa shape index (κ1) is 18.2. The first-order valence-corrected chi connectivity index (χ1v) is 10.1. The fourth-order valence-electron chi connectivity index (χ4n) is 5.60. The number of hydrogen-bond acceptors (Lipinski definition) is 6. The van der Waals surface area contributed by atoms with Crippen LogP contribution < -0.4 is 0 Å². The number of furan rings is 1. The lowest BCUT2D eigenvalue weighted by molar-refractivity contribution is -0.384. The molecular weight excluding hydrogens is 405 g/mol. The maximum absolute atomic E-state index is 13.4. The molecule has 2 saturated carbocycles. The molecule has 2 bridgehead atoms. The first-order valence-electron chi connectivity index (χ1n) is 10.1. The number of hydrogen-bond donors (Lipinski definition) is 0. The Kier molecular flexibility index (Phi) is 3.63. The number of nitro groups is 1. The third-order valence-electron chi connectivity index (χ3n) is 6.99. The second-order valence-corrected chi connectivity index (χ2v) is 8.51. The molecule has 31 heavy (non-hydrogen) atoms. The van der Waals surface area contributed by atoms with E-state index in [9.17, 15) is 24.1 Å². The van der Waals surface area contributed by atoms with Crippen molar-refractivity contribution < 1.29 is 23.3 Å². The summed E-state index contributed by atoms with van der Waals surface area (Å²) in [6.07, 6.45) is 6.52. The zero-order valence-electron chi connectivity index (χ0n) is 16.1. The molecule has 8 nitrogen and oxygen atoms in total. The van der Waals surface area contributed by atoms with Crippen molar-refractivity contribution >= 4 is 23.7 Å². The van der Waals surface area contributed by atoms with Crippen LogP contribution >= 0.6 is 0 Å². The van der Waals surface area contributed by atoms with Crippen LogP contribution in [-0.4, -0.2) is 28.0 Å². The predicted molar refractivity (Wildman–Crippen MR) is 105 cm³/mol. The maximum Gasteiger partial charge on any atom is 0.283 e. The minimum Gasteiger partial charge on any atom is -0.455 e. The van der Waals surface area contributed by atoms with E-state index in [1.807, 2.05) is 0 Å². The predicted octanol–water partition coefficient (Wildman–Crippen LogP) is 3.38. The van der Waals surface area contributed by atoms with Crippen molar-refractivity contribution in [2.24, 2.45) is 40.6 Å². The zero-order chi connectivity index (χ0) is 21.4. The molecule has 0 radical (unpaired) electrons. The molecule has 1 aromatic carbocycles. The van der Waals surface area contributed by atoms with E-state index >= 15 is 0 Å². The Morgan fingerprint density at radius 3 is 2.42 bits per heavy atom. The zero-order valence-corrected chi connectivity index (χ0v) is 16.1. The Balaban J connectivity index is 1.26. The van der Waals surface area contributed by atoms with Crippen LogP contribution in [0.5, 0.6) is 0 Å². The van der Waals surface area contributed by atoms with Gasteiger partial charge in [0.05, 0.1) is 34.6 Å². The van der Waals surface area contributed by atoms with Crippen molar-refractivity contribution in [1.82, 2.24) is 5.01 Å². The van der Waals surface area contributed by atoms with Crippen LogP contribution in [-0.2, 0) is 9.59 Å². The van der Waals surface area contributed by atoms with Crippen molar-refractivity contribution in [1.29, 1.82) is 0 Å². The quantitative estimate of drug-likeness (QED) is 0.247. The SMILES string of the molecule is O=C1C2C3C=CC(C4CC34)C2C(=O)N1/N=C/c1ccc(-c2ccc(F)cc2[N+](=O)[O-])o1. The number of nitrogens with zero attached hydrogens (tertiary/aromatic N) is 3. The molecule has 1 aromatic heterocycles. The summed E-state index contributed by atoms with van der Waals surface area (Å²) < 4.78 is 19.0. The van der Waals surface area contributed by atoms with Gasteiger partial charge in [-0.3, -0.25) is 19.7 Å². The summed E-state index contributed by atoms with van der Waals surface area (Å²) in [6.45, 7) is 0. The van der Waals surface area contributed by atoms with Gasteiger partial charge in [0.25, 0.3) is 17.5 Å². The molecule has 1 saturated heterocycles. The molecule has 3 fully saturated rings. The highest BCUT2D eigenvalue weighted by molar-refractivity contribution is 6.06. The van der Waals surface area contributed by atoms with E-state index in [0.717, 1.165) is 23.6 Å². The van der Waals surface area contributed by atoms with Crippen molar-refractivity contribution in [3.63, 3.8) is 0 Å². The van der Waals surface area contributed by atoms with Crippen LogP contribution in [0, 0.1) is 51.4 Å². The number of hydrazone groups is 1. The lowest BCUT2D eigenvalue weighted by Crippen LogP contribution is -2.40. The second kappa shape index (κ2) is 6.19. The van der Waals surface area contributed by atoms with Crippen molar-refractivity contribution in [2.45, 2.75) is 6.42 Å². The number of carbonyl (C=O) groups excluding carboxylic acids is 2. The number of allylic oxidation sites excluding steroid dienone is 2. The van der Waals surface area contributed by atoms with E-state index in [2.05, 4.69) is 17.3 Å². The van der Waals surface area contributed by atoms with Crippen molar-refractivity contribution in [2.75, 3.05) is 0 Å². The molecule has 2 heterocycles. The van der Waals surface area contributed by atoms with Gasteiger partial charge in [-0.15, -0.1) is 0 Å². The monoisotopic (exact) mass is 421 g/mol. The second-order valence-electron chi connectivity index (χ2n) is 8.51. The molecule has 9 heteroatoms. The third-order valence-corrected chi connectivity index (χ3v) is 6.99. The normalized spacial score (nSPS) is 32.6. The summed E-state index contributed by atoms with van der Waals surface area (Å²) >= 11 is 0. The van der Waals surface area contributed by atoms with Crippen molar-refractivity contribution in [3.8, 4) is 11.3 Å². The average Bonchev–Trinajstić information content (AvgIpc) is 3.39. The Labute approximate surface area is 175 Å². The summed E-state index contributed by atoms with van der Waals surface area (Å²) in [4.78, 5) is 36.4. The van der Waals surface area contributed by atoms with E-state index < -0.39 is 16.4 Å². The fourth-order valence-corrected chi connectivity index (χ4v) is 5.60. The largest absolute Gasteiger partial charge is 0.455 e. The van der Waals surface area contributed by atoms with Crippen LogP contribution in [0.3, 0.4) is 0 Å². The van der Waals surface area contributed by atoms with Crippen molar-refractivity contribution in [3.05, 3.63) is 64.2 Å². The lowest BCUT2D eigenvalue weighted by Gasteiger charge is -2.37. The standard InChI is InChI=1S/C22H16FN3O5/c23-10-1-3-14(17(7-10)26(29)30)18-6-2-11(31-18)9-24-25-21(27)19-12-4-5-13(16-8-15(12)16)20(19)22(25)28/h1-7,9,12-13,15-16,19-20H,8H2/b24-9+. The highest BCUT2D eigenvalue weighted by atomic mass is 19.1. The van der Waals surface area contributed by atoms with Gasteiger partial charge in [0.1, 0.15) is 17.3 Å². The molecule has 1 aliphatic heterocycles. The van der Waals surface area contributed by atoms with E-state index in [0.29, 0.717) is 11.8 Å². The van der Waals surface area contributed by atoms with Crippen LogP contribution in [0.25, 0.3) is 11.3 Å². The number of nitro benzene ring substituents is 1. The number of imide groups is 1. The van der Waals surface area contributed by atoms with Gasteiger partial charge in [0.15, 0.2) is 0 Å². The van der Waals surface area contributed by atoms with Gasteiger partial charge in [0, 0.05) is 0 Å². The Hall–Kier alpha value is -3.62. The van der Waals surface area contributed by atoms with Gasteiger partial charge >= 0.3 is 0 Å². The molecule has 5 aliphatic rings. The molecule has 2 amide bonds. The molecule has 6 atom stereocenters. The third kappa shape index (κ3) is 2.55. The van der Waals surface area contributed by atoms with E-state index in [4.69, 9.17) is 4.42 Å². The molecule has 156 valence electrons. The molecule has 4 aliphatic carbocycles. The molecular formula is C22H16FN3O5. The minimum atomic E-state index is -0.725. The number of amides is 2. The summed E-state index contributed by atoms with van der Waals surface area (Å²) in [5.74, 6) is -0.332.